The quantitative estimate of drug-likeness (QED) is 0.196. The molecule has 0 radical (unpaired) electrons. The van der Waals surface area contributed by atoms with E-state index in [1.165, 1.54) is 59.8 Å². The number of nitrogens with zero attached hydrogens (tertiary/aromatic N) is 1. The SMILES string of the molecule is c1ccc(-c2c3ccccc3c(-c3ccc4c(ccc5ccccc54)c3)c3ccccc23)nc1. The molecule has 0 unspecified atom stereocenters. The molecule has 0 aliphatic carbocycles. The Bertz CT molecular complexity index is 1790. The van der Waals surface area contributed by atoms with Gasteiger partial charge in [-0.05, 0) is 72.4 Å². The van der Waals surface area contributed by atoms with Crippen LogP contribution in [0, 0.1) is 0 Å². The zero-order valence-corrected chi connectivity index (χ0v) is 18.6. The monoisotopic (exact) mass is 431 g/mol. The summed E-state index contributed by atoms with van der Waals surface area (Å²) < 4.78 is 0. The van der Waals surface area contributed by atoms with Crippen molar-refractivity contribution in [1.82, 2.24) is 4.98 Å². The third kappa shape index (κ3) is 2.84. The first kappa shape index (κ1) is 19.0. The number of benzene rings is 6. The van der Waals surface area contributed by atoms with Crippen molar-refractivity contribution >= 4 is 43.1 Å². The largest absolute Gasteiger partial charge is 0.256 e. The summed E-state index contributed by atoms with van der Waals surface area (Å²) in [6.07, 6.45) is 1.88. The van der Waals surface area contributed by atoms with Crippen molar-refractivity contribution in [1.29, 1.82) is 0 Å². The summed E-state index contributed by atoms with van der Waals surface area (Å²) in [5, 5.41) is 10.1. The second kappa shape index (κ2) is 7.54. The van der Waals surface area contributed by atoms with Crippen LogP contribution in [0.1, 0.15) is 0 Å². The standard InChI is InChI=1S/C33H21N/c1-2-10-25-22(9-1)16-17-23-21-24(18-19-26(23)25)32-27-11-3-5-13-29(27)33(31-15-7-8-20-34-31)30-14-6-4-12-28(30)32/h1-21H. The molecule has 7 aromatic rings. The van der Waals surface area contributed by atoms with Gasteiger partial charge in [0.25, 0.3) is 0 Å². The van der Waals surface area contributed by atoms with Gasteiger partial charge in [-0.2, -0.15) is 0 Å². The number of fused-ring (bicyclic) bond motifs is 5. The van der Waals surface area contributed by atoms with E-state index < -0.39 is 0 Å². The molecule has 7 rings (SSSR count). The molecule has 0 saturated heterocycles. The molecule has 34 heavy (non-hydrogen) atoms. The van der Waals surface area contributed by atoms with Crippen LogP contribution in [-0.2, 0) is 0 Å². The Morgan fingerprint density at radius 3 is 1.62 bits per heavy atom. The van der Waals surface area contributed by atoms with Crippen LogP contribution in [0.3, 0.4) is 0 Å². The van der Waals surface area contributed by atoms with E-state index in [1.807, 2.05) is 12.3 Å². The van der Waals surface area contributed by atoms with E-state index in [4.69, 9.17) is 4.98 Å². The van der Waals surface area contributed by atoms with Crippen LogP contribution in [0.15, 0.2) is 128 Å². The van der Waals surface area contributed by atoms with Crippen LogP contribution >= 0.6 is 0 Å². The molecule has 1 aromatic heterocycles. The van der Waals surface area contributed by atoms with Gasteiger partial charge in [0.15, 0.2) is 0 Å². The van der Waals surface area contributed by atoms with Gasteiger partial charge in [0.1, 0.15) is 0 Å². The number of pyridine rings is 1. The van der Waals surface area contributed by atoms with Gasteiger partial charge in [-0.15, -0.1) is 0 Å². The summed E-state index contributed by atoms with van der Waals surface area (Å²) in [5.74, 6) is 0. The lowest BCUT2D eigenvalue weighted by Gasteiger charge is -2.17. The number of hydrogen-bond acceptors (Lipinski definition) is 1. The minimum atomic E-state index is 1.01. The number of hydrogen-bond donors (Lipinski definition) is 0. The molecular formula is C33H21N. The molecule has 0 bridgehead atoms. The van der Waals surface area contributed by atoms with Crippen molar-refractivity contribution in [2.45, 2.75) is 0 Å². The first-order chi connectivity index (χ1) is 16.9. The highest BCUT2D eigenvalue weighted by Gasteiger charge is 2.17. The fourth-order valence-electron chi connectivity index (χ4n) is 5.39. The van der Waals surface area contributed by atoms with Gasteiger partial charge in [0, 0.05) is 11.8 Å². The van der Waals surface area contributed by atoms with Gasteiger partial charge < -0.3 is 0 Å². The summed E-state index contributed by atoms with van der Waals surface area (Å²) in [5.41, 5.74) is 4.72. The predicted molar refractivity (Wildman–Crippen MR) is 145 cm³/mol. The van der Waals surface area contributed by atoms with Crippen LogP contribution in [0.25, 0.3) is 65.5 Å². The second-order valence-corrected chi connectivity index (χ2v) is 8.78. The Kier molecular flexibility index (Phi) is 4.22. The van der Waals surface area contributed by atoms with Crippen LogP contribution in [0.2, 0.25) is 0 Å². The first-order valence-electron chi connectivity index (χ1n) is 11.7. The van der Waals surface area contributed by atoms with Crippen molar-refractivity contribution in [2.75, 3.05) is 0 Å². The van der Waals surface area contributed by atoms with E-state index in [1.54, 1.807) is 0 Å². The highest BCUT2D eigenvalue weighted by molar-refractivity contribution is 6.21. The maximum atomic E-state index is 4.72. The van der Waals surface area contributed by atoms with Crippen molar-refractivity contribution < 1.29 is 0 Å². The zero-order chi connectivity index (χ0) is 22.5. The van der Waals surface area contributed by atoms with Crippen LogP contribution in [0.5, 0.6) is 0 Å². The Morgan fingerprint density at radius 2 is 0.941 bits per heavy atom. The Hall–Kier alpha value is -4.49. The molecule has 0 amide bonds. The molecule has 158 valence electrons. The topological polar surface area (TPSA) is 12.9 Å². The lowest BCUT2D eigenvalue weighted by molar-refractivity contribution is 1.34. The minimum absolute atomic E-state index is 1.01. The van der Waals surface area contributed by atoms with Gasteiger partial charge in [0.05, 0.1) is 5.69 Å². The Balaban J connectivity index is 1.60. The van der Waals surface area contributed by atoms with Crippen LogP contribution in [-0.4, -0.2) is 4.98 Å². The van der Waals surface area contributed by atoms with Gasteiger partial charge >= 0.3 is 0 Å². The molecule has 0 N–H and O–H groups in total. The van der Waals surface area contributed by atoms with Gasteiger partial charge in [-0.1, -0.05) is 103 Å². The third-order valence-electron chi connectivity index (χ3n) is 6.89. The molecule has 0 spiro atoms. The van der Waals surface area contributed by atoms with Crippen molar-refractivity contribution in [3.63, 3.8) is 0 Å². The predicted octanol–water partition coefficient (Wildman–Crippen LogP) is 9.03. The number of rotatable bonds is 2. The highest BCUT2D eigenvalue weighted by atomic mass is 14.7. The number of aromatic nitrogens is 1. The Labute approximate surface area is 197 Å². The van der Waals surface area contributed by atoms with Crippen LogP contribution in [0.4, 0.5) is 0 Å². The summed E-state index contributed by atoms with van der Waals surface area (Å²) in [4.78, 5) is 4.72. The summed E-state index contributed by atoms with van der Waals surface area (Å²) in [7, 11) is 0. The van der Waals surface area contributed by atoms with Gasteiger partial charge in [0.2, 0.25) is 0 Å². The van der Waals surface area contributed by atoms with Gasteiger partial charge in [-0.25, -0.2) is 0 Å². The summed E-state index contributed by atoms with van der Waals surface area (Å²) >= 11 is 0. The van der Waals surface area contributed by atoms with Gasteiger partial charge in [-0.3, -0.25) is 4.98 Å². The third-order valence-corrected chi connectivity index (χ3v) is 6.89. The van der Waals surface area contributed by atoms with Crippen molar-refractivity contribution in [3.8, 4) is 22.4 Å². The van der Waals surface area contributed by atoms with E-state index in [9.17, 15) is 0 Å². The maximum Gasteiger partial charge on any atom is 0.0714 e. The van der Waals surface area contributed by atoms with E-state index in [0.29, 0.717) is 0 Å². The summed E-state index contributed by atoms with van der Waals surface area (Å²) in [6.45, 7) is 0. The lowest BCUT2D eigenvalue weighted by atomic mass is 9.86. The average molecular weight is 432 g/mol. The fourth-order valence-corrected chi connectivity index (χ4v) is 5.39. The molecule has 0 aliphatic rings. The fraction of sp³-hybridized carbons (Fsp3) is 0. The molecule has 0 atom stereocenters. The molecule has 1 nitrogen and oxygen atoms in total. The normalized spacial score (nSPS) is 11.5. The van der Waals surface area contributed by atoms with Crippen molar-refractivity contribution in [3.05, 3.63) is 128 Å². The first-order valence-corrected chi connectivity index (χ1v) is 11.7. The molecule has 1 heterocycles. The molecular weight excluding hydrogens is 410 g/mol. The van der Waals surface area contributed by atoms with E-state index in [-0.39, 0.29) is 0 Å². The maximum absolute atomic E-state index is 4.72. The summed E-state index contributed by atoms with van der Waals surface area (Å²) in [6, 6.07) is 43.6. The smallest absolute Gasteiger partial charge is 0.0714 e. The van der Waals surface area contributed by atoms with E-state index >= 15 is 0 Å². The minimum Gasteiger partial charge on any atom is -0.256 e. The second-order valence-electron chi connectivity index (χ2n) is 8.78. The molecule has 0 fully saturated rings. The molecule has 6 aromatic carbocycles. The zero-order valence-electron chi connectivity index (χ0n) is 18.6. The molecule has 1 heteroatoms. The highest BCUT2D eigenvalue weighted by Crippen LogP contribution is 2.43. The van der Waals surface area contributed by atoms with Crippen molar-refractivity contribution in [2.24, 2.45) is 0 Å². The Morgan fingerprint density at radius 1 is 0.382 bits per heavy atom. The van der Waals surface area contributed by atoms with E-state index in [0.717, 1.165) is 5.69 Å². The molecule has 0 aliphatic heterocycles. The average Bonchev–Trinajstić information content (AvgIpc) is 2.91. The van der Waals surface area contributed by atoms with Crippen LogP contribution < -0.4 is 0 Å². The molecule has 0 saturated carbocycles. The van der Waals surface area contributed by atoms with E-state index in [2.05, 4.69) is 115 Å². The lowest BCUT2D eigenvalue weighted by Crippen LogP contribution is -1.92.